The first kappa shape index (κ1) is 19.2. The van der Waals surface area contributed by atoms with Crippen molar-refractivity contribution in [3.05, 3.63) is 30.6 Å². The van der Waals surface area contributed by atoms with Gasteiger partial charge in [-0.1, -0.05) is 30.8 Å². The molecule has 2 heterocycles. The molecule has 8 heteroatoms. The van der Waals surface area contributed by atoms with Crippen LogP contribution in [0.4, 0.5) is 0 Å². The minimum absolute atomic E-state index is 0.0214. The summed E-state index contributed by atoms with van der Waals surface area (Å²) in [5.41, 5.74) is 1.63. The molecule has 142 valence electrons. The van der Waals surface area contributed by atoms with E-state index in [1.807, 2.05) is 45.0 Å². The van der Waals surface area contributed by atoms with Gasteiger partial charge in [0.15, 0.2) is 12.2 Å². The summed E-state index contributed by atoms with van der Waals surface area (Å²) < 4.78 is 10.9. The lowest BCUT2D eigenvalue weighted by Crippen LogP contribution is -2.44. The summed E-state index contributed by atoms with van der Waals surface area (Å²) in [4.78, 5) is 32.3. The van der Waals surface area contributed by atoms with Crippen molar-refractivity contribution in [2.75, 3.05) is 12.4 Å². The molecule has 3 aromatic rings. The first-order valence-electron chi connectivity index (χ1n) is 8.61. The maximum atomic E-state index is 12.0. The first-order valence-corrected chi connectivity index (χ1v) is 9.60. The third kappa shape index (κ3) is 4.57. The van der Waals surface area contributed by atoms with E-state index in [4.69, 9.17) is 9.15 Å². The second-order valence-electron chi connectivity index (χ2n) is 6.69. The number of esters is 1. The Kier molecular flexibility index (Phi) is 5.65. The number of amides is 1. The predicted octanol–water partition coefficient (Wildman–Crippen LogP) is 3.32. The van der Waals surface area contributed by atoms with Crippen LogP contribution in [0.25, 0.3) is 22.1 Å². The zero-order valence-electron chi connectivity index (χ0n) is 15.4. The van der Waals surface area contributed by atoms with E-state index in [-0.39, 0.29) is 23.8 Å². The van der Waals surface area contributed by atoms with Gasteiger partial charge in [0.25, 0.3) is 5.91 Å². The number of para-hydroxylation sites is 1. The molecule has 0 radical (unpaired) electrons. The van der Waals surface area contributed by atoms with Gasteiger partial charge in [0.2, 0.25) is 0 Å². The maximum Gasteiger partial charge on any atom is 0.316 e. The van der Waals surface area contributed by atoms with Gasteiger partial charge in [0.1, 0.15) is 22.5 Å². The zero-order chi connectivity index (χ0) is 19.4. The third-order valence-electron chi connectivity index (χ3n) is 4.18. The Balaban J connectivity index is 1.60. The number of rotatable bonds is 7. The largest absolute Gasteiger partial charge is 0.455 e. The number of aromatic nitrogens is 2. The number of hydrogen-bond donors (Lipinski definition) is 1. The lowest BCUT2D eigenvalue weighted by atomic mass is 10.0. The average molecular weight is 387 g/mol. The van der Waals surface area contributed by atoms with Gasteiger partial charge in [-0.3, -0.25) is 9.59 Å². The number of thioether (sulfide) groups is 1. The van der Waals surface area contributed by atoms with E-state index in [9.17, 15) is 9.59 Å². The average Bonchev–Trinajstić information content (AvgIpc) is 3.03. The Morgan fingerprint density at radius 3 is 2.81 bits per heavy atom. The van der Waals surface area contributed by atoms with Crippen molar-refractivity contribution in [3.8, 4) is 0 Å². The molecular weight excluding hydrogens is 366 g/mol. The summed E-state index contributed by atoms with van der Waals surface area (Å²) in [5, 5.41) is 4.27. The first-order chi connectivity index (χ1) is 12.9. The number of carbonyl (C=O) groups is 2. The number of hydrogen-bond acceptors (Lipinski definition) is 7. The van der Waals surface area contributed by atoms with Crippen molar-refractivity contribution < 1.29 is 18.7 Å². The van der Waals surface area contributed by atoms with Gasteiger partial charge >= 0.3 is 5.97 Å². The van der Waals surface area contributed by atoms with Crippen LogP contribution in [-0.4, -0.2) is 39.7 Å². The van der Waals surface area contributed by atoms with Crippen molar-refractivity contribution in [2.45, 2.75) is 37.8 Å². The lowest BCUT2D eigenvalue weighted by molar-refractivity contribution is -0.146. The zero-order valence-corrected chi connectivity index (χ0v) is 16.3. The Hall–Kier alpha value is -2.61. The topological polar surface area (TPSA) is 94.3 Å². The molecule has 0 bridgehead atoms. The molecule has 1 amide bonds. The molecule has 0 aliphatic carbocycles. The summed E-state index contributed by atoms with van der Waals surface area (Å²) in [5.74, 6) is -0.789. The Morgan fingerprint density at radius 2 is 2.04 bits per heavy atom. The van der Waals surface area contributed by atoms with E-state index < -0.39 is 5.97 Å². The molecule has 0 unspecified atom stereocenters. The van der Waals surface area contributed by atoms with E-state index >= 15 is 0 Å². The van der Waals surface area contributed by atoms with Crippen LogP contribution in [0.15, 0.2) is 40.0 Å². The molecule has 1 aromatic carbocycles. The van der Waals surface area contributed by atoms with Crippen LogP contribution < -0.4 is 5.32 Å². The van der Waals surface area contributed by atoms with Crippen LogP contribution in [0.2, 0.25) is 0 Å². The number of nitrogens with zero attached hydrogens (tertiary/aromatic N) is 2. The van der Waals surface area contributed by atoms with Crippen LogP contribution in [0.1, 0.15) is 27.2 Å². The van der Waals surface area contributed by atoms with Crippen LogP contribution in [-0.2, 0) is 14.3 Å². The Bertz CT molecular complexity index is 983. The van der Waals surface area contributed by atoms with Gasteiger partial charge < -0.3 is 14.5 Å². The fourth-order valence-corrected chi connectivity index (χ4v) is 3.15. The Labute approximate surface area is 160 Å². The number of ether oxygens (including phenoxy) is 1. The minimum Gasteiger partial charge on any atom is -0.455 e. The molecule has 0 saturated carbocycles. The highest BCUT2D eigenvalue weighted by Crippen LogP contribution is 2.32. The molecule has 0 saturated heterocycles. The molecule has 0 atom stereocenters. The molecule has 0 spiro atoms. The van der Waals surface area contributed by atoms with E-state index in [0.717, 1.165) is 11.8 Å². The Morgan fingerprint density at radius 1 is 1.26 bits per heavy atom. The van der Waals surface area contributed by atoms with Crippen LogP contribution in [0, 0.1) is 0 Å². The third-order valence-corrected chi connectivity index (χ3v) is 5.12. The fourth-order valence-electron chi connectivity index (χ4n) is 2.42. The quantitative estimate of drug-likeness (QED) is 0.377. The molecule has 0 aliphatic rings. The van der Waals surface area contributed by atoms with Gasteiger partial charge in [-0.05, 0) is 32.4 Å². The maximum absolute atomic E-state index is 12.0. The molecule has 1 N–H and O–H groups in total. The molecule has 3 rings (SSSR count). The minimum atomic E-state index is -0.493. The van der Waals surface area contributed by atoms with Crippen molar-refractivity contribution in [2.24, 2.45) is 0 Å². The molecular formula is C19H21N3O4S. The smallest absolute Gasteiger partial charge is 0.316 e. The van der Waals surface area contributed by atoms with Crippen molar-refractivity contribution >= 4 is 45.7 Å². The summed E-state index contributed by atoms with van der Waals surface area (Å²) in [6.07, 6.45) is 2.22. The summed E-state index contributed by atoms with van der Waals surface area (Å²) >= 11 is 1.19. The van der Waals surface area contributed by atoms with Crippen molar-refractivity contribution in [3.63, 3.8) is 0 Å². The monoisotopic (exact) mass is 387 g/mol. The van der Waals surface area contributed by atoms with E-state index in [0.29, 0.717) is 21.7 Å². The predicted molar refractivity (Wildman–Crippen MR) is 104 cm³/mol. The normalized spacial score (nSPS) is 11.7. The van der Waals surface area contributed by atoms with Crippen molar-refractivity contribution in [1.82, 2.24) is 15.3 Å². The van der Waals surface area contributed by atoms with Gasteiger partial charge in [0.05, 0.1) is 5.75 Å². The number of furan rings is 1. The van der Waals surface area contributed by atoms with Gasteiger partial charge in [0, 0.05) is 10.9 Å². The fraction of sp³-hybridized carbons (Fsp3) is 0.368. The summed E-state index contributed by atoms with van der Waals surface area (Å²) in [6.45, 7) is 5.50. The number of nitrogens with one attached hydrogen (secondary N) is 1. The highest BCUT2D eigenvalue weighted by Gasteiger charge is 2.19. The summed E-state index contributed by atoms with van der Waals surface area (Å²) in [6, 6.07) is 7.57. The molecule has 0 fully saturated rings. The molecule has 2 aromatic heterocycles. The van der Waals surface area contributed by atoms with Crippen LogP contribution in [0.5, 0.6) is 0 Å². The summed E-state index contributed by atoms with van der Waals surface area (Å²) in [7, 11) is 0. The highest BCUT2D eigenvalue weighted by atomic mass is 32.2. The van der Waals surface area contributed by atoms with E-state index in [1.165, 1.54) is 18.1 Å². The van der Waals surface area contributed by atoms with Crippen LogP contribution in [0.3, 0.4) is 0 Å². The van der Waals surface area contributed by atoms with Gasteiger partial charge in [-0.25, -0.2) is 9.97 Å². The molecule has 27 heavy (non-hydrogen) atoms. The number of benzene rings is 1. The van der Waals surface area contributed by atoms with Crippen LogP contribution >= 0.6 is 11.8 Å². The SMILES string of the molecule is CCC(C)(C)NC(=O)COC(=O)CSc1ncnc2c1oc1ccccc12. The molecule has 0 aliphatic heterocycles. The molecule has 7 nitrogen and oxygen atoms in total. The second kappa shape index (κ2) is 7.96. The standard InChI is InChI=1S/C19H21N3O4S/c1-4-19(2,3)22-14(23)9-25-15(24)10-27-18-17-16(20-11-21-18)12-7-5-6-8-13(12)26-17/h5-8,11H,4,9-10H2,1-3H3,(H,22,23). The van der Waals surface area contributed by atoms with Crippen molar-refractivity contribution in [1.29, 1.82) is 0 Å². The second-order valence-corrected chi connectivity index (χ2v) is 7.65. The van der Waals surface area contributed by atoms with E-state index in [1.54, 1.807) is 0 Å². The van der Waals surface area contributed by atoms with E-state index in [2.05, 4.69) is 15.3 Å². The lowest BCUT2D eigenvalue weighted by Gasteiger charge is -2.24. The van der Waals surface area contributed by atoms with Gasteiger partial charge in [-0.2, -0.15) is 0 Å². The number of carbonyl (C=O) groups excluding carboxylic acids is 2. The van der Waals surface area contributed by atoms with Gasteiger partial charge in [-0.15, -0.1) is 0 Å². The number of fused-ring (bicyclic) bond motifs is 3. The highest BCUT2D eigenvalue weighted by molar-refractivity contribution is 8.00.